The van der Waals surface area contributed by atoms with Gasteiger partial charge in [0.15, 0.2) is 0 Å². The number of nitrogens with zero attached hydrogens (tertiary/aromatic N) is 1. The van der Waals surface area contributed by atoms with Gasteiger partial charge in [-0.1, -0.05) is 12.1 Å². The van der Waals surface area contributed by atoms with Crippen molar-refractivity contribution in [2.75, 3.05) is 13.2 Å². The fraction of sp³-hybridized carbons (Fsp3) is 0.562. The maximum atomic E-state index is 12.8. The molecule has 1 aliphatic rings. The molecule has 2 rings (SSSR count). The Balaban J connectivity index is 2.21. The molecule has 0 bridgehead atoms. The highest BCUT2D eigenvalue weighted by atomic mass is 19.4. The molecule has 6 heteroatoms. The van der Waals surface area contributed by atoms with E-state index in [0.29, 0.717) is 25.1 Å². The second kappa shape index (κ2) is 6.69. The maximum Gasteiger partial charge on any atom is 0.416 e. The fourth-order valence-electron chi connectivity index (χ4n) is 2.73. The molecule has 3 nitrogen and oxygen atoms in total. The first-order chi connectivity index (χ1) is 10.3. The maximum absolute atomic E-state index is 12.8. The van der Waals surface area contributed by atoms with Gasteiger partial charge in [-0.05, 0) is 44.4 Å². The van der Waals surface area contributed by atoms with E-state index in [-0.39, 0.29) is 5.91 Å². The molecule has 1 amide bonds. The van der Waals surface area contributed by atoms with Crippen molar-refractivity contribution in [2.45, 2.75) is 45.0 Å². The number of likely N-dealkylation sites (N-methyl/N-ethyl adjacent to an activating group) is 1. The number of ether oxygens (including phenoxy) is 1. The van der Waals surface area contributed by atoms with Crippen LogP contribution in [0.5, 0.6) is 0 Å². The van der Waals surface area contributed by atoms with E-state index < -0.39 is 23.9 Å². The molecule has 2 unspecified atom stereocenters. The van der Waals surface area contributed by atoms with E-state index in [2.05, 4.69) is 0 Å². The number of rotatable bonds is 4. The Kier molecular flexibility index (Phi) is 5.11. The zero-order valence-electron chi connectivity index (χ0n) is 12.7. The van der Waals surface area contributed by atoms with Crippen LogP contribution in [0.25, 0.3) is 0 Å². The second-order valence-electron chi connectivity index (χ2n) is 5.43. The van der Waals surface area contributed by atoms with Crippen LogP contribution in [-0.2, 0) is 15.7 Å². The van der Waals surface area contributed by atoms with Crippen LogP contribution in [0.1, 0.15) is 43.9 Å². The lowest BCUT2D eigenvalue weighted by Crippen LogP contribution is -2.40. The van der Waals surface area contributed by atoms with Crippen molar-refractivity contribution in [2.24, 2.45) is 0 Å². The first kappa shape index (κ1) is 16.8. The summed E-state index contributed by atoms with van der Waals surface area (Å²) in [5, 5.41) is 0. The van der Waals surface area contributed by atoms with Crippen molar-refractivity contribution in [3.05, 3.63) is 35.4 Å². The predicted molar refractivity (Wildman–Crippen MR) is 76.2 cm³/mol. The summed E-state index contributed by atoms with van der Waals surface area (Å²) in [5.74, 6) is -0.148. The third-order valence-corrected chi connectivity index (χ3v) is 3.99. The van der Waals surface area contributed by atoms with Crippen molar-refractivity contribution < 1.29 is 22.7 Å². The molecule has 0 aromatic heterocycles. The monoisotopic (exact) mass is 315 g/mol. The Labute approximate surface area is 128 Å². The molecule has 0 aliphatic carbocycles. The van der Waals surface area contributed by atoms with Crippen molar-refractivity contribution in [1.82, 2.24) is 4.90 Å². The molecule has 0 saturated carbocycles. The van der Waals surface area contributed by atoms with Gasteiger partial charge in [0.05, 0.1) is 11.6 Å². The number of amides is 1. The van der Waals surface area contributed by atoms with Crippen molar-refractivity contribution >= 4 is 5.91 Å². The highest BCUT2D eigenvalue weighted by molar-refractivity contribution is 5.81. The van der Waals surface area contributed by atoms with E-state index in [9.17, 15) is 18.0 Å². The van der Waals surface area contributed by atoms with Gasteiger partial charge in [-0.2, -0.15) is 13.2 Å². The highest BCUT2D eigenvalue weighted by Crippen LogP contribution is 2.32. The zero-order valence-corrected chi connectivity index (χ0v) is 12.7. The summed E-state index contributed by atoms with van der Waals surface area (Å²) in [6.45, 7) is 4.55. The van der Waals surface area contributed by atoms with Crippen LogP contribution in [0.4, 0.5) is 13.2 Å². The molecule has 1 fully saturated rings. The summed E-state index contributed by atoms with van der Waals surface area (Å²) in [6, 6.07) is 4.71. The molecule has 0 radical (unpaired) electrons. The molecular formula is C16H20F3NO2. The van der Waals surface area contributed by atoms with Crippen LogP contribution in [0.2, 0.25) is 0 Å². The van der Waals surface area contributed by atoms with Crippen LogP contribution < -0.4 is 0 Å². The molecule has 0 N–H and O–H groups in total. The van der Waals surface area contributed by atoms with Gasteiger partial charge in [-0.3, -0.25) is 4.79 Å². The molecule has 0 spiro atoms. The summed E-state index contributed by atoms with van der Waals surface area (Å²) in [4.78, 5) is 14.0. The Morgan fingerprint density at radius 1 is 1.45 bits per heavy atom. The van der Waals surface area contributed by atoms with Gasteiger partial charge in [-0.15, -0.1) is 0 Å². The standard InChI is InChI=1S/C16H20F3NO2/c1-3-20(15(21)14-8-5-9-22-14)11(2)12-6-4-7-13(10-12)16(17,18)19/h4,6-7,10-11,14H,3,5,8-9H2,1-2H3. The molecule has 122 valence electrons. The van der Waals surface area contributed by atoms with Crippen molar-refractivity contribution in [1.29, 1.82) is 0 Å². The van der Waals surface area contributed by atoms with Gasteiger partial charge < -0.3 is 9.64 Å². The normalized spacial score (nSPS) is 20.0. The lowest BCUT2D eigenvalue weighted by Gasteiger charge is -2.30. The third kappa shape index (κ3) is 3.61. The first-order valence-electron chi connectivity index (χ1n) is 7.43. The molecule has 2 atom stereocenters. The average Bonchev–Trinajstić information content (AvgIpc) is 3.01. The van der Waals surface area contributed by atoms with Gasteiger partial charge in [0.2, 0.25) is 0 Å². The summed E-state index contributed by atoms with van der Waals surface area (Å²) in [5.41, 5.74) is -0.222. The Bertz CT molecular complexity index is 524. The molecule has 1 aromatic rings. The molecule has 1 aromatic carbocycles. The number of benzene rings is 1. The van der Waals surface area contributed by atoms with Gasteiger partial charge in [-0.25, -0.2) is 0 Å². The minimum absolute atomic E-state index is 0.148. The first-order valence-corrected chi connectivity index (χ1v) is 7.43. The molecule has 22 heavy (non-hydrogen) atoms. The second-order valence-corrected chi connectivity index (χ2v) is 5.43. The third-order valence-electron chi connectivity index (χ3n) is 3.99. The largest absolute Gasteiger partial charge is 0.416 e. The SMILES string of the molecule is CCN(C(=O)C1CCCO1)C(C)c1cccc(C(F)(F)F)c1. The number of alkyl halides is 3. The number of hydrogen-bond acceptors (Lipinski definition) is 2. The quantitative estimate of drug-likeness (QED) is 0.846. The van der Waals surface area contributed by atoms with Crippen molar-refractivity contribution in [3.8, 4) is 0 Å². The lowest BCUT2D eigenvalue weighted by molar-refractivity contribution is -0.143. The van der Waals surface area contributed by atoms with E-state index >= 15 is 0 Å². The molecular weight excluding hydrogens is 295 g/mol. The molecule has 1 aliphatic heterocycles. The van der Waals surface area contributed by atoms with Crippen LogP contribution in [-0.4, -0.2) is 30.1 Å². The Morgan fingerprint density at radius 3 is 2.73 bits per heavy atom. The summed E-state index contributed by atoms with van der Waals surface area (Å²) in [6.07, 6.45) is -3.34. The lowest BCUT2D eigenvalue weighted by atomic mass is 10.0. The topological polar surface area (TPSA) is 29.5 Å². The summed E-state index contributed by atoms with van der Waals surface area (Å²) < 4.78 is 43.8. The number of carbonyl (C=O) groups is 1. The van der Waals surface area contributed by atoms with Gasteiger partial charge in [0.1, 0.15) is 6.10 Å². The minimum Gasteiger partial charge on any atom is -0.368 e. The summed E-state index contributed by atoms with van der Waals surface area (Å²) >= 11 is 0. The van der Waals surface area contributed by atoms with Gasteiger partial charge in [0, 0.05) is 13.2 Å². The van der Waals surface area contributed by atoms with E-state index in [1.165, 1.54) is 6.07 Å². The minimum atomic E-state index is -4.38. The average molecular weight is 315 g/mol. The smallest absolute Gasteiger partial charge is 0.368 e. The highest BCUT2D eigenvalue weighted by Gasteiger charge is 2.33. The molecule has 1 saturated heterocycles. The Hall–Kier alpha value is -1.56. The molecule has 1 heterocycles. The van der Waals surface area contributed by atoms with E-state index in [4.69, 9.17) is 4.74 Å². The fourth-order valence-corrected chi connectivity index (χ4v) is 2.73. The van der Waals surface area contributed by atoms with Crippen LogP contribution in [0.3, 0.4) is 0 Å². The van der Waals surface area contributed by atoms with Gasteiger partial charge >= 0.3 is 6.18 Å². The zero-order chi connectivity index (χ0) is 16.3. The Morgan fingerprint density at radius 2 is 2.18 bits per heavy atom. The summed E-state index contributed by atoms with van der Waals surface area (Å²) in [7, 11) is 0. The number of hydrogen-bond donors (Lipinski definition) is 0. The number of halogens is 3. The number of carbonyl (C=O) groups excluding carboxylic acids is 1. The van der Waals surface area contributed by atoms with Crippen LogP contribution in [0, 0.1) is 0 Å². The van der Waals surface area contributed by atoms with E-state index in [1.807, 2.05) is 6.92 Å². The van der Waals surface area contributed by atoms with E-state index in [1.54, 1.807) is 17.9 Å². The van der Waals surface area contributed by atoms with Gasteiger partial charge in [0.25, 0.3) is 5.91 Å². The van der Waals surface area contributed by atoms with Crippen LogP contribution >= 0.6 is 0 Å². The van der Waals surface area contributed by atoms with Crippen molar-refractivity contribution in [3.63, 3.8) is 0 Å². The van der Waals surface area contributed by atoms with E-state index in [0.717, 1.165) is 18.6 Å². The van der Waals surface area contributed by atoms with Crippen LogP contribution in [0.15, 0.2) is 24.3 Å². The predicted octanol–water partition coefficient (Wildman–Crippen LogP) is 3.79.